The van der Waals surface area contributed by atoms with E-state index >= 15 is 0 Å². The molecule has 1 aromatic rings. The van der Waals surface area contributed by atoms with Crippen molar-refractivity contribution in [3.8, 4) is 0 Å². The minimum Gasteiger partial charge on any atom is -0.326 e. The predicted molar refractivity (Wildman–Crippen MR) is 55.0 cm³/mol. The van der Waals surface area contributed by atoms with Crippen LogP contribution in [0.5, 0.6) is 0 Å². The molecule has 0 radical (unpaired) electrons. The number of nitrogens with zero attached hydrogens (tertiary/aromatic N) is 2. The number of alkyl halides is 3. The van der Waals surface area contributed by atoms with Gasteiger partial charge >= 0.3 is 6.18 Å². The normalized spacial score (nSPS) is 22.9. The number of aromatic nitrogens is 1. The molecule has 1 saturated heterocycles. The van der Waals surface area contributed by atoms with Crippen LogP contribution in [-0.4, -0.2) is 29.0 Å². The van der Waals surface area contributed by atoms with Crippen LogP contribution in [0.2, 0.25) is 0 Å². The Balaban J connectivity index is 1.98. The van der Waals surface area contributed by atoms with Gasteiger partial charge in [-0.1, -0.05) is 0 Å². The second-order valence-electron chi connectivity index (χ2n) is 3.91. The van der Waals surface area contributed by atoms with E-state index in [-0.39, 0.29) is 6.04 Å². The number of thiazole rings is 1. The maximum Gasteiger partial charge on any atom is 0.443 e. The molecule has 1 atom stereocenters. The zero-order chi connectivity index (χ0) is 11.8. The largest absolute Gasteiger partial charge is 0.443 e. The van der Waals surface area contributed by atoms with Crippen molar-refractivity contribution in [3.05, 3.63) is 16.1 Å². The van der Waals surface area contributed by atoms with Crippen molar-refractivity contribution >= 4 is 11.3 Å². The van der Waals surface area contributed by atoms with Crippen LogP contribution in [0.25, 0.3) is 0 Å². The molecule has 1 fully saturated rings. The molecule has 1 aliphatic heterocycles. The van der Waals surface area contributed by atoms with Crippen LogP contribution < -0.4 is 5.73 Å². The second kappa shape index (κ2) is 4.31. The fourth-order valence-corrected chi connectivity index (χ4v) is 2.56. The van der Waals surface area contributed by atoms with E-state index in [0.29, 0.717) is 22.8 Å². The first-order valence-corrected chi connectivity index (χ1v) is 5.76. The Morgan fingerprint density at radius 1 is 1.56 bits per heavy atom. The van der Waals surface area contributed by atoms with Crippen LogP contribution in [0, 0.1) is 0 Å². The van der Waals surface area contributed by atoms with Gasteiger partial charge in [0.1, 0.15) is 0 Å². The summed E-state index contributed by atoms with van der Waals surface area (Å²) in [5.74, 6) is 0. The minimum absolute atomic E-state index is 0.148. The highest BCUT2D eigenvalue weighted by Crippen LogP contribution is 2.32. The van der Waals surface area contributed by atoms with E-state index < -0.39 is 11.2 Å². The molecule has 0 amide bonds. The van der Waals surface area contributed by atoms with Crippen LogP contribution in [-0.2, 0) is 12.7 Å². The van der Waals surface area contributed by atoms with E-state index in [4.69, 9.17) is 5.73 Å². The van der Waals surface area contributed by atoms with Gasteiger partial charge < -0.3 is 5.73 Å². The van der Waals surface area contributed by atoms with E-state index in [2.05, 4.69) is 9.88 Å². The Morgan fingerprint density at radius 3 is 2.81 bits per heavy atom. The van der Waals surface area contributed by atoms with Crippen molar-refractivity contribution < 1.29 is 13.2 Å². The van der Waals surface area contributed by atoms with Gasteiger partial charge in [0.2, 0.25) is 0 Å². The molecule has 1 aromatic heterocycles. The maximum absolute atomic E-state index is 12.3. The highest BCUT2D eigenvalue weighted by atomic mass is 32.1. The minimum atomic E-state index is -4.33. The van der Waals surface area contributed by atoms with Gasteiger partial charge in [-0.25, -0.2) is 4.98 Å². The van der Waals surface area contributed by atoms with Gasteiger partial charge in [0.25, 0.3) is 0 Å². The average molecular weight is 251 g/mol. The highest BCUT2D eigenvalue weighted by Gasteiger charge is 2.34. The first kappa shape index (κ1) is 11.8. The molecule has 2 heterocycles. The Kier molecular flexibility index (Phi) is 3.18. The Hall–Kier alpha value is -0.660. The molecule has 1 aliphatic rings. The molecule has 2 rings (SSSR count). The van der Waals surface area contributed by atoms with Crippen molar-refractivity contribution in [2.45, 2.75) is 25.2 Å². The highest BCUT2D eigenvalue weighted by molar-refractivity contribution is 7.11. The molecule has 0 bridgehead atoms. The predicted octanol–water partition coefficient (Wildman–Crippen LogP) is 1.69. The van der Waals surface area contributed by atoms with Gasteiger partial charge in [0.05, 0.1) is 0 Å². The fourth-order valence-electron chi connectivity index (χ4n) is 1.74. The summed E-state index contributed by atoms with van der Waals surface area (Å²) in [4.78, 5) is 6.08. The first-order chi connectivity index (χ1) is 7.45. The van der Waals surface area contributed by atoms with E-state index in [1.807, 2.05) is 0 Å². The molecule has 0 spiro atoms. The van der Waals surface area contributed by atoms with E-state index in [0.717, 1.165) is 19.5 Å². The van der Waals surface area contributed by atoms with Gasteiger partial charge in [-0.2, -0.15) is 13.2 Å². The third-order valence-electron chi connectivity index (χ3n) is 2.48. The van der Waals surface area contributed by atoms with Crippen molar-refractivity contribution in [1.29, 1.82) is 0 Å². The van der Waals surface area contributed by atoms with E-state index in [9.17, 15) is 13.2 Å². The van der Waals surface area contributed by atoms with Gasteiger partial charge in [0, 0.05) is 36.8 Å². The maximum atomic E-state index is 12.3. The molecular formula is C9H12F3N3S. The summed E-state index contributed by atoms with van der Waals surface area (Å²) in [5.41, 5.74) is 5.72. The summed E-state index contributed by atoms with van der Waals surface area (Å²) in [6.07, 6.45) is -2.12. The zero-order valence-electron chi connectivity index (χ0n) is 8.50. The number of hydrogen-bond donors (Lipinski definition) is 1. The van der Waals surface area contributed by atoms with Gasteiger partial charge in [0.15, 0.2) is 5.01 Å². The van der Waals surface area contributed by atoms with E-state index in [1.165, 1.54) is 6.20 Å². The standard InChI is InChI=1S/C9H12F3N3S/c10-9(11,12)8-14-3-7(16-8)5-15-2-1-6(13)4-15/h3,6H,1-2,4-5,13H2/t6-/m0/s1. The van der Waals surface area contributed by atoms with Crippen LogP contribution in [0.15, 0.2) is 6.20 Å². The first-order valence-electron chi connectivity index (χ1n) is 4.95. The molecular weight excluding hydrogens is 239 g/mol. The average Bonchev–Trinajstić information content (AvgIpc) is 2.74. The molecule has 16 heavy (non-hydrogen) atoms. The quantitative estimate of drug-likeness (QED) is 0.869. The molecule has 0 aromatic carbocycles. The summed E-state index contributed by atoms with van der Waals surface area (Å²) in [6, 6.07) is 0.148. The topological polar surface area (TPSA) is 42.1 Å². The molecule has 3 nitrogen and oxygen atoms in total. The fraction of sp³-hybridized carbons (Fsp3) is 0.667. The van der Waals surface area contributed by atoms with Crippen molar-refractivity contribution in [2.24, 2.45) is 5.73 Å². The zero-order valence-corrected chi connectivity index (χ0v) is 9.31. The van der Waals surface area contributed by atoms with Crippen molar-refractivity contribution in [1.82, 2.24) is 9.88 Å². The summed E-state index contributed by atoms with van der Waals surface area (Å²) in [7, 11) is 0. The van der Waals surface area contributed by atoms with Crippen molar-refractivity contribution in [2.75, 3.05) is 13.1 Å². The lowest BCUT2D eigenvalue weighted by Gasteiger charge is -2.12. The van der Waals surface area contributed by atoms with Crippen LogP contribution in [0.1, 0.15) is 16.3 Å². The number of nitrogens with two attached hydrogens (primary N) is 1. The van der Waals surface area contributed by atoms with Crippen LogP contribution >= 0.6 is 11.3 Å². The number of halogens is 3. The molecule has 0 aliphatic carbocycles. The summed E-state index contributed by atoms with van der Waals surface area (Å²) >= 11 is 0.709. The lowest BCUT2D eigenvalue weighted by Crippen LogP contribution is -2.25. The van der Waals surface area contributed by atoms with Gasteiger partial charge in [-0.15, -0.1) is 11.3 Å². The summed E-state index contributed by atoms with van der Waals surface area (Å²) in [6.45, 7) is 2.11. The number of rotatable bonds is 2. The SMILES string of the molecule is N[C@H]1CCN(Cc2cnc(C(F)(F)F)s2)C1. The second-order valence-corrected chi connectivity index (χ2v) is 5.03. The monoisotopic (exact) mass is 251 g/mol. The lowest BCUT2D eigenvalue weighted by atomic mass is 10.3. The Morgan fingerprint density at radius 2 is 2.31 bits per heavy atom. The third kappa shape index (κ3) is 2.72. The summed E-state index contributed by atoms with van der Waals surface area (Å²) in [5, 5.41) is -0.772. The number of likely N-dealkylation sites (tertiary alicyclic amines) is 1. The van der Waals surface area contributed by atoms with Gasteiger partial charge in [-0.05, 0) is 6.42 Å². The third-order valence-corrected chi connectivity index (χ3v) is 3.51. The molecule has 90 valence electrons. The van der Waals surface area contributed by atoms with E-state index in [1.54, 1.807) is 0 Å². The smallest absolute Gasteiger partial charge is 0.326 e. The van der Waals surface area contributed by atoms with Crippen molar-refractivity contribution in [3.63, 3.8) is 0 Å². The Bertz CT molecular complexity index is 363. The molecule has 0 saturated carbocycles. The number of hydrogen-bond acceptors (Lipinski definition) is 4. The van der Waals surface area contributed by atoms with Crippen LogP contribution in [0.3, 0.4) is 0 Å². The molecule has 2 N–H and O–H groups in total. The van der Waals surface area contributed by atoms with Gasteiger partial charge in [-0.3, -0.25) is 4.90 Å². The lowest BCUT2D eigenvalue weighted by molar-refractivity contribution is -0.137. The molecule has 0 unspecified atom stereocenters. The molecule has 7 heteroatoms. The summed E-state index contributed by atoms with van der Waals surface area (Å²) < 4.78 is 36.9. The Labute approximate surface area is 95.1 Å². The van der Waals surface area contributed by atoms with Crippen LogP contribution in [0.4, 0.5) is 13.2 Å².